The number of methoxy groups -OCH3 is 3. The zero-order valence-electron chi connectivity index (χ0n) is 14.2. The fourth-order valence-electron chi connectivity index (χ4n) is 2.11. The van der Waals surface area contributed by atoms with E-state index in [1.54, 1.807) is 30.3 Å². The Hall–Kier alpha value is -2.71. The van der Waals surface area contributed by atoms with Gasteiger partial charge in [0, 0.05) is 5.56 Å². The molecule has 0 bridgehead atoms. The van der Waals surface area contributed by atoms with E-state index in [0.29, 0.717) is 28.5 Å². The SMILES string of the molecule is C=C(NNS(=O)(=O)c1ccccc1)c1cc(OC)c(OC)c(OC)c1. The van der Waals surface area contributed by atoms with Gasteiger partial charge in [-0.15, -0.1) is 4.83 Å². The smallest absolute Gasteiger partial charge is 0.257 e. The summed E-state index contributed by atoms with van der Waals surface area (Å²) in [7, 11) is 0.775. The summed E-state index contributed by atoms with van der Waals surface area (Å²) in [5.74, 6) is 1.31. The van der Waals surface area contributed by atoms with Crippen LogP contribution in [0.5, 0.6) is 17.2 Å². The van der Waals surface area contributed by atoms with E-state index in [4.69, 9.17) is 14.2 Å². The summed E-state index contributed by atoms with van der Waals surface area (Å²) in [6.07, 6.45) is 0. The van der Waals surface area contributed by atoms with Gasteiger partial charge in [0.15, 0.2) is 11.5 Å². The highest BCUT2D eigenvalue weighted by Crippen LogP contribution is 2.39. The first kappa shape index (κ1) is 18.6. The van der Waals surface area contributed by atoms with Crippen molar-refractivity contribution in [3.05, 3.63) is 54.6 Å². The van der Waals surface area contributed by atoms with Gasteiger partial charge in [0.1, 0.15) is 0 Å². The van der Waals surface area contributed by atoms with Crippen molar-refractivity contribution in [2.45, 2.75) is 4.90 Å². The summed E-state index contributed by atoms with van der Waals surface area (Å²) < 4.78 is 40.3. The minimum absolute atomic E-state index is 0.139. The predicted molar refractivity (Wildman–Crippen MR) is 95.0 cm³/mol. The number of nitrogens with one attached hydrogen (secondary N) is 2. The standard InChI is InChI=1S/C17H20N2O5S/c1-12(18-19-25(20,21)14-8-6-5-7-9-14)13-10-15(22-2)17(24-4)16(11-13)23-3/h5-11,18-19H,1H2,2-4H3. The molecule has 0 heterocycles. The highest BCUT2D eigenvalue weighted by Gasteiger charge is 2.16. The summed E-state index contributed by atoms with van der Waals surface area (Å²) in [5, 5.41) is 0. The fraction of sp³-hybridized carbons (Fsp3) is 0.176. The molecule has 2 rings (SSSR count). The van der Waals surface area contributed by atoms with E-state index in [1.165, 1.54) is 33.5 Å². The van der Waals surface area contributed by atoms with Crippen LogP contribution in [0.1, 0.15) is 5.56 Å². The number of benzene rings is 2. The molecule has 0 aliphatic heterocycles. The molecule has 0 aliphatic carbocycles. The van der Waals surface area contributed by atoms with Crippen molar-refractivity contribution in [3.8, 4) is 17.2 Å². The van der Waals surface area contributed by atoms with Gasteiger partial charge >= 0.3 is 0 Å². The van der Waals surface area contributed by atoms with Crippen LogP contribution in [0.25, 0.3) is 5.70 Å². The Kier molecular flexibility index (Phi) is 5.89. The number of sulfonamides is 1. The Morgan fingerprint density at radius 1 is 0.960 bits per heavy atom. The molecular weight excluding hydrogens is 344 g/mol. The topological polar surface area (TPSA) is 85.9 Å². The average molecular weight is 364 g/mol. The van der Waals surface area contributed by atoms with E-state index in [2.05, 4.69) is 16.8 Å². The molecule has 0 saturated heterocycles. The average Bonchev–Trinajstić information content (AvgIpc) is 2.65. The van der Waals surface area contributed by atoms with Crippen LogP contribution < -0.4 is 24.5 Å². The van der Waals surface area contributed by atoms with E-state index in [-0.39, 0.29) is 4.90 Å². The Balaban J connectivity index is 2.21. The molecule has 2 N–H and O–H groups in total. The van der Waals surface area contributed by atoms with E-state index >= 15 is 0 Å². The van der Waals surface area contributed by atoms with Crippen LogP contribution >= 0.6 is 0 Å². The number of rotatable bonds is 8. The third-order valence-corrected chi connectivity index (χ3v) is 4.67. The van der Waals surface area contributed by atoms with E-state index in [1.807, 2.05) is 0 Å². The van der Waals surface area contributed by atoms with Crippen LogP contribution in [-0.2, 0) is 10.0 Å². The highest BCUT2D eigenvalue weighted by molar-refractivity contribution is 7.89. The van der Waals surface area contributed by atoms with Crippen LogP contribution in [-0.4, -0.2) is 29.7 Å². The second kappa shape index (κ2) is 7.91. The molecule has 0 spiro atoms. The molecule has 134 valence electrons. The molecule has 0 saturated carbocycles. The molecule has 2 aromatic carbocycles. The largest absolute Gasteiger partial charge is 0.493 e. The molecule has 0 aromatic heterocycles. The molecule has 7 nitrogen and oxygen atoms in total. The maximum atomic E-state index is 12.2. The zero-order valence-corrected chi connectivity index (χ0v) is 15.0. The predicted octanol–water partition coefficient (Wildman–Crippen LogP) is 2.17. The Morgan fingerprint density at radius 3 is 2.00 bits per heavy atom. The number of hydrazine groups is 1. The third kappa shape index (κ3) is 4.23. The van der Waals surface area contributed by atoms with Crippen LogP contribution in [0.4, 0.5) is 0 Å². The van der Waals surface area contributed by atoms with Crippen molar-refractivity contribution >= 4 is 15.7 Å². The lowest BCUT2D eigenvalue weighted by atomic mass is 10.1. The van der Waals surface area contributed by atoms with Crippen molar-refractivity contribution in [3.63, 3.8) is 0 Å². The van der Waals surface area contributed by atoms with Crippen LogP contribution in [0.3, 0.4) is 0 Å². The molecule has 2 aromatic rings. The first-order chi connectivity index (χ1) is 11.9. The van der Waals surface area contributed by atoms with Crippen molar-refractivity contribution in [1.29, 1.82) is 0 Å². The van der Waals surface area contributed by atoms with Crippen LogP contribution in [0, 0.1) is 0 Å². The van der Waals surface area contributed by atoms with Crippen LogP contribution in [0.2, 0.25) is 0 Å². The maximum absolute atomic E-state index is 12.2. The lowest BCUT2D eigenvalue weighted by Crippen LogP contribution is -2.35. The molecule has 0 fully saturated rings. The van der Waals surface area contributed by atoms with Gasteiger partial charge in [-0.25, -0.2) is 8.42 Å². The van der Waals surface area contributed by atoms with Crippen molar-refractivity contribution in [2.24, 2.45) is 0 Å². The molecule has 8 heteroatoms. The van der Waals surface area contributed by atoms with Crippen molar-refractivity contribution in [1.82, 2.24) is 10.3 Å². The zero-order chi connectivity index (χ0) is 18.4. The van der Waals surface area contributed by atoms with Gasteiger partial charge < -0.3 is 19.6 Å². The van der Waals surface area contributed by atoms with Crippen molar-refractivity contribution in [2.75, 3.05) is 21.3 Å². The molecule has 0 atom stereocenters. The maximum Gasteiger partial charge on any atom is 0.257 e. The molecule has 0 amide bonds. The minimum atomic E-state index is -3.72. The van der Waals surface area contributed by atoms with E-state index < -0.39 is 10.0 Å². The van der Waals surface area contributed by atoms with Gasteiger partial charge in [0.2, 0.25) is 5.75 Å². The summed E-state index contributed by atoms with van der Waals surface area (Å²) in [6.45, 7) is 3.84. The second-order valence-corrected chi connectivity index (χ2v) is 6.62. The van der Waals surface area contributed by atoms with Gasteiger partial charge in [-0.1, -0.05) is 24.8 Å². The summed E-state index contributed by atoms with van der Waals surface area (Å²) in [5.41, 5.74) is 3.49. The van der Waals surface area contributed by atoms with Crippen LogP contribution in [0.15, 0.2) is 53.9 Å². The Morgan fingerprint density at radius 2 is 1.52 bits per heavy atom. The van der Waals surface area contributed by atoms with Gasteiger partial charge in [-0.05, 0) is 24.3 Å². The quantitative estimate of drug-likeness (QED) is 0.698. The van der Waals surface area contributed by atoms with Gasteiger partial charge in [-0.3, -0.25) is 0 Å². The molecule has 0 unspecified atom stereocenters. The first-order valence-electron chi connectivity index (χ1n) is 7.25. The van der Waals surface area contributed by atoms with Crippen molar-refractivity contribution < 1.29 is 22.6 Å². The van der Waals surface area contributed by atoms with E-state index in [0.717, 1.165) is 0 Å². The van der Waals surface area contributed by atoms with Gasteiger partial charge in [-0.2, -0.15) is 0 Å². The normalized spacial score (nSPS) is 10.8. The molecular formula is C17H20N2O5S. The van der Waals surface area contributed by atoms with Gasteiger partial charge in [0.25, 0.3) is 10.0 Å². The number of hydrogen-bond donors (Lipinski definition) is 2. The number of ether oxygens (including phenoxy) is 3. The monoisotopic (exact) mass is 364 g/mol. The lowest BCUT2D eigenvalue weighted by molar-refractivity contribution is 0.324. The first-order valence-corrected chi connectivity index (χ1v) is 8.73. The minimum Gasteiger partial charge on any atom is -0.493 e. The van der Waals surface area contributed by atoms with E-state index in [9.17, 15) is 8.42 Å². The Labute approximate surface area is 147 Å². The summed E-state index contributed by atoms with van der Waals surface area (Å²) in [4.78, 5) is 2.43. The highest BCUT2D eigenvalue weighted by atomic mass is 32.2. The molecule has 0 radical (unpaired) electrons. The number of hydrogen-bond acceptors (Lipinski definition) is 6. The molecule has 25 heavy (non-hydrogen) atoms. The second-order valence-electron chi connectivity index (χ2n) is 4.94. The molecule has 0 aliphatic rings. The third-order valence-electron chi connectivity index (χ3n) is 3.40. The summed E-state index contributed by atoms with van der Waals surface area (Å²) in [6, 6.07) is 11.3. The fourth-order valence-corrected chi connectivity index (χ4v) is 3.01. The Bertz CT molecular complexity index is 826. The summed E-state index contributed by atoms with van der Waals surface area (Å²) >= 11 is 0. The van der Waals surface area contributed by atoms with Gasteiger partial charge in [0.05, 0.1) is 31.9 Å². The lowest BCUT2D eigenvalue weighted by Gasteiger charge is -2.16.